The van der Waals surface area contributed by atoms with Crippen molar-refractivity contribution in [3.05, 3.63) is 33.9 Å². The van der Waals surface area contributed by atoms with Crippen molar-refractivity contribution < 1.29 is 19.6 Å². The second kappa shape index (κ2) is 9.04. The lowest BCUT2D eigenvalue weighted by Crippen LogP contribution is -2.25. The summed E-state index contributed by atoms with van der Waals surface area (Å²) in [6.07, 6.45) is 3.79. The number of unbranched alkanes of at least 4 members (excludes halogenated alkanes) is 2. The minimum absolute atomic E-state index is 0.0439. The predicted octanol–water partition coefficient (Wildman–Crippen LogP) is 2.69. The second-order valence-corrected chi connectivity index (χ2v) is 5.48. The van der Waals surface area contributed by atoms with Gasteiger partial charge < -0.3 is 10.4 Å². The van der Waals surface area contributed by atoms with Gasteiger partial charge in [0.25, 0.3) is 11.6 Å². The zero-order chi connectivity index (χ0) is 16.5. The molecular formula is C14H18N2O5S. The van der Waals surface area contributed by atoms with Crippen molar-refractivity contribution in [3.63, 3.8) is 0 Å². The van der Waals surface area contributed by atoms with E-state index in [1.807, 2.05) is 6.26 Å². The van der Waals surface area contributed by atoms with Crippen LogP contribution in [0.4, 0.5) is 5.69 Å². The standard InChI is InChI=1S/C14H18N2O5S/c1-22-10-6-7-12(16(20)21)11(9-10)14(19)15-8-4-2-3-5-13(17)18/h6-7,9H,2-5,8H2,1H3,(H,15,19)(H,17,18). The quantitative estimate of drug-likeness (QED) is 0.312. The fraction of sp³-hybridized carbons (Fsp3) is 0.429. The van der Waals surface area contributed by atoms with E-state index in [9.17, 15) is 19.7 Å². The zero-order valence-corrected chi connectivity index (χ0v) is 13.0. The van der Waals surface area contributed by atoms with Crippen molar-refractivity contribution in [2.45, 2.75) is 30.6 Å². The second-order valence-electron chi connectivity index (χ2n) is 4.60. The third-order valence-corrected chi connectivity index (χ3v) is 3.72. The Morgan fingerprint density at radius 1 is 1.32 bits per heavy atom. The smallest absolute Gasteiger partial charge is 0.303 e. The van der Waals surface area contributed by atoms with Crippen molar-refractivity contribution in [2.75, 3.05) is 12.8 Å². The van der Waals surface area contributed by atoms with Crippen LogP contribution in [0.3, 0.4) is 0 Å². The number of nitro benzene ring substituents is 1. The molecule has 0 aliphatic heterocycles. The Labute approximate surface area is 132 Å². The Morgan fingerprint density at radius 2 is 2.05 bits per heavy atom. The van der Waals surface area contributed by atoms with E-state index in [0.717, 1.165) is 4.90 Å². The molecule has 22 heavy (non-hydrogen) atoms. The summed E-state index contributed by atoms with van der Waals surface area (Å²) in [6.45, 7) is 0.360. The third kappa shape index (κ3) is 5.72. The number of aliphatic carboxylic acids is 1. The number of hydrogen-bond acceptors (Lipinski definition) is 5. The number of carbonyl (C=O) groups excluding carboxylic acids is 1. The topological polar surface area (TPSA) is 110 Å². The molecule has 1 amide bonds. The van der Waals surface area contributed by atoms with Crippen LogP contribution in [0.15, 0.2) is 23.1 Å². The molecule has 2 N–H and O–H groups in total. The Balaban J connectivity index is 2.57. The van der Waals surface area contributed by atoms with Gasteiger partial charge in [-0.15, -0.1) is 11.8 Å². The molecule has 0 aliphatic carbocycles. The fourth-order valence-electron chi connectivity index (χ4n) is 1.86. The number of hydrogen-bond donors (Lipinski definition) is 2. The fourth-order valence-corrected chi connectivity index (χ4v) is 2.30. The minimum Gasteiger partial charge on any atom is -0.481 e. The summed E-state index contributed by atoms with van der Waals surface area (Å²) in [7, 11) is 0. The SMILES string of the molecule is CSc1ccc([N+](=O)[O-])c(C(=O)NCCCCCC(=O)O)c1. The first kappa shape index (κ1) is 18.0. The van der Waals surface area contributed by atoms with E-state index in [0.29, 0.717) is 25.8 Å². The predicted molar refractivity (Wildman–Crippen MR) is 83.3 cm³/mol. The van der Waals surface area contributed by atoms with E-state index in [1.165, 1.54) is 23.9 Å². The molecule has 0 atom stereocenters. The van der Waals surface area contributed by atoms with Gasteiger partial charge in [-0.1, -0.05) is 6.42 Å². The van der Waals surface area contributed by atoms with Crippen LogP contribution in [0.5, 0.6) is 0 Å². The maximum Gasteiger partial charge on any atom is 0.303 e. The van der Waals surface area contributed by atoms with Crippen molar-refractivity contribution in [1.29, 1.82) is 0 Å². The molecule has 120 valence electrons. The summed E-state index contributed by atoms with van der Waals surface area (Å²) in [6, 6.07) is 4.43. The zero-order valence-electron chi connectivity index (χ0n) is 12.2. The molecule has 0 unspecified atom stereocenters. The molecule has 8 heteroatoms. The first-order valence-corrected chi connectivity index (χ1v) is 8.00. The molecule has 1 aromatic rings. The summed E-state index contributed by atoms with van der Waals surface area (Å²) < 4.78 is 0. The van der Waals surface area contributed by atoms with Crippen LogP contribution < -0.4 is 5.32 Å². The molecule has 0 bridgehead atoms. The van der Waals surface area contributed by atoms with Crippen LogP contribution in [0, 0.1) is 10.1 Å². The van der Waals surface area contributed by atoms with E-state index < -0.39 is 16.8 Å². The molecule has 0 aromatic heterocycles. The van der Waals surface area contributed by atoms with Gasteiger partial charge in [0.1, 0.15) is 5.56 Å². The first-order chi connectivity index (χ1) is 10.5. The largest absolute Gasteiger partial charge is 0.481 e. The summed E-state index contributed by atoms with van der Waals surface area (Å²) in [5, 5.41) is 22.1. The Bertz CT molecular complexity index is 562. The highest BCUT2D eigenvalue weighted by Gasteiger charge is 2.20. The number of nitro groups is 1. The van der Waals surface area contributed by atoms with Gasteiger partial charge in [-0.25, -0.2) is 0 Å². The monoisotopic (exact) mass is 326 g/mol. The number of nitrogens with zero attached hydrogens (tertiary/aromatic N) is 1. The Kier molecular flexibility index (Phi) is 7.38. The summed E-state index contributed by atoms with van der Waals surface area (Å²) in [4.78, 5) is 33.6. The van der Waals surface area contributed by atoms with Gasteiger partial charge in [0.05, 0.1) is 4.92 Å². The highest BCUT2D eigenvalue weighted by Crippen LogP contribution is 2.24. The molecular weight excluding hydrogens is 308 g/mol. The first-order valence-electron chi connectivity index (χ1n) is 6.78. The highest BCUT2D eigenvalue weighted by molar-refractivity contribution is 7.98. The number of carbonyl (C=O) groups is 2. The van der Waals surface area contributed by atoms with E-state index >= 15 is 0 Å². The van der Waals surface area contributed by atoms with Gasteiger partial charge in [-0.05, 0) is 31.2 Å². The molecule has 7 nitrogen and oxygen atoms in total. The summed E-state index contributed by atoms with van der Waals surface area (Å²) in [5.74, 6) is -1.32. The van der Waals surface area contributed by atoms with Crippen LogP contribution in [0.2, 0.25) is 0 Å². The third-order valence-electron chi connectivity index (χ3n) is 3.00. The van der Waals surface area contributed by atoms with Crippen molar-refractivity contribution in [2.24, 2.45) is 0 Å². The lowest BCUT2D eigenvalue weighted by molar-refractivity contribution is -0.385. The van der Waals surface area contributed by atoms with Crippen molar-refractivity contribution >= 4 is 29.3 Å². The van der Waals surface area contributed by atoms with Crippen LogP contribution >= 0.6 is 11.8 Å². The molecule has 0 spiro atoms. The molecule has 1 aromatic carbocycles. The van der Waals surface area contributed by atoms with E-state index in [-0.39, 0.29) is 17.7 Å². The maximum atomic E-state index is 12.1. The summed E-state index contributed by atoms with van der Waals surface area (Å²) in [5.41, 5.74) is -0.177. The lowest BCUT2D eigenvalue weighted by Gasteiger charge is -2.07. The summed E-state index contributed by atoms with van der Waals surface area (Å²) >= 11 is 1.40. The molecule has 0 saturated heterocycles. The number of carboxylic acid groups (broad SMARTS) is 1. The van der Waals surface area contributed by atoms with Crippen LogP contribution in [-0.4, -0.2) is 34.7 Å². The molecule has 1 rings (SSSR count). The highest BCUT2D eigenvalue weighted by atomic mass is 32.2. The maximum absolute atomic E-state index is 12.1. The van der Waals surface area contributed by atoms with Gasteiger partial charge in [0.15, 0.2) is 0 Å². The van der Waals surface area contributed by atoms with E-state index in [2.05, 4.69) is 5.32 Å². The molecule has 0 saturated carbocycles. The average Bonchev–Trinajstić information content (AvgIpc) is 2.49. The van der Waals surface area contributed by atoms with Crippen LogP contribution in [0.1, 0.15) is 36.0 Å². The minimum atomic E-state index is -0.839. The molecule has 0 radical (unpaired) electrons. The van der Waals surface area contributed by atoms with E-state index in [4.69, 9.17) is 5.11 Å². The normalized spacial score (nSPS) is 10.2. The van der Waals surface area contributed by atoms with Gasteiger partial charge in [-0.3, -0.25) is 19.7 Å². The van der Waals surface area contributed by atoms with E-state index in [1.54, 1.807) is 6.07 Å². The van der Waals surface area contributed by atoms with Gasteiger partial charge >= 0.3 is 5.97 Å². The Hall–Kier alpha value is -2.09. The number of amides is 1. The lowest BCUT2D eigenvalue weighted by atomic mass is 10.1. The Morgan fingerprint density at radius 3 is 2.64 bits per heavy atom. The molecule has 0 heterocycles. The molecule has 0 aliphatic rings. The van der Waals surface area contributed by atoms with Crippen molar-refractivity contribution in [1.82, 2.24) is 5.32 Å². The average molecular weight is 326 g/mol. The number of rotatable bonds is 9. The van der Waals surface area contributed by atoms with Gasteiger partial charge in [-0.2, -0.15) is 0 Å². The van der Waals surface area contributed by atoms with Crippen molar-refractivity contribution in [3.8, 4) is 0 Å². The number of benzene rings is 1. The van der Waals surface area contributed by atoms with Gasteiger partial charge in [0, 0.05) is 23.9 Å². The number of nitrogens with one attached hydrogen (secondary N) is 1. The number of thioether (sulfide) groups is 1. The van der Waals surface area contributed by atoms with Gasteiger partial charge in [0.2, 0.25) is 0 Å². The van der Waals surface area contributed by atoms with Crippen LogP contribution in [0.25, 0.3) is 0 Å². The van der Waals surface area contributed by atoms with Crippen LogP contribution in [-0.2, 0) is 4.79 Å². The molecule has 0 fully saturated rings. The number of carboxylic acids is 1.